The molecule has 28 heavy (non-hydrogen) atoms. The number of benzene rings is 1. The number of nitrogens with two attached hydrogens (primary N) is 1. The number of aromatic amines is 1. The highest BCUT2D eigenvalue weighted by atomic mass is 32.2. The van der Waals surface area contributed by atoms with Crippen molar-refractivity contribution in [3.8, 4) is 0 Å². The number of rotatable bonds is 5. The molecule has 0 aliphatic carbocycles. The molecule has 2 aromatic rings. The summed E-state index contributed by atoms with van der Waals surface area (Å²) >= 11 is 1.24. The summed E-state index contributed by atoms with van der Waals surface area (Å²) in [6.45, 7) is 3.43. The first kappa shape index (κ1) is 19.9. The van der Waals surface area contributed by atoms with E-state index in [2.05, 4.69) is 15.3 Å². The van der Waals surface area contributed by atoms with Crippen LogP contribution in [-0.4, -0.2) is 46.0 Å². The zero-order valence-corrected chi connectivity index (χ0v) is 16.7. The van der Waals surface area contributed by atoms with E-state index in [9.17, 15) is 14.4 Å². The van der Waals surface area contributed by atoms with Gasteiger partial charge in [-0.15, -0.1) is 0 Å². The van der Waals surface area contributed by atoms with Gasteiger partial charge in [0.05, 0.1) is 0 Å². The molecule has 2 amide bonds. The summed E-state index contributed by atoms with van der Waals surface area (Å²) in [7, 11) is 0. The van der Waals surface area contributed by atoms with Crippen LogP contribution in [0.4, 0.5) is 11.5 Å². The van der Waals surface area contributed by atoms with E-state index in [1.807, 2.05) is 11.8 Å². The van der Waals surface area contributed by atoms with E-state index in [-0.39, 0.29) is 17.3 Å². The Bertz CT molecular complexity index is 967. The van der Waals surface area contributed by atoms with Crippen molar-refractivity contribution in [3.63, 3.8) is 0 Å². The third-order valence-corrected chi connectivity index (χ3v) is 5.28. The van der Waals surface area contributed by atoms with Gasteiger partial charge in [0.25, 0.3) is 17.4 Å². The second-order valence-corrected chi connectivity index (χ2v) is 7.47. The van der Waals surface area contributed by atoms with Gasteiger partial charge in [-0.2, -0.15) is 0 Å². The molecule has 0 unspecified atom stereocenters. The number of carbonyl (C=O) groups is 2. The van der Waals surface area contributed by atoms with Crippen LogP contribution < -0.4 is 16.6 Å². The standard InChI is InChI=1S/C19H23N5O3S/c1-11-10-12(6-7-13(11)18(27)24-8-4-3-5-9-24)21-16-14(15(20)25)17(26)23-19(22-16)28-2/h6-7,10H,3-5,8-9H2,1-2H3,(H2,20,25)(H2,21,22,23,26). The molecule has 1 aromatic carbocycles. The van der Waals surface area contributed by atoms with E-state index < -0.39 is 11.5 Å². The summed E-state index contributed by atoms with van der Waals surface area (Å²) < 4.78 is 0. The van der Waals surface area contributed by atoms with Crippen molar-refractivity contribution in [2.75, 3.05) is 24.7 Å². The van der Waals surface area contributed by atoms with Crippen molar-refractivity contribution < 1.29 is 9.59 Å². The van der Waals surface area contributed by atoms with Crippen LogP contribution in [0.3, 0.4) is 0 Å². The van der Waals surface area contributed by atoms with E-state index in [1.54, 1.807) is 24.5 Å². The number of aromatic nitrogens is 2. The number of nitrogens with zero attached hydrogens (tertiary/aromatic N) is 2. The molecular weight excluding hydrogens is 378 g/mol. The van der Waals surface area contributed by atoms with E-state index in [4.69, 9.17) is 5.73 Å². The maximum absolute atomic E-state index is 12.7. The first-order valence-corrected chi connectivity index (χ1v) is 10.3. The predicted molar refractivity (Wildman–Crippen MR) is 109 cm³/mol. The molecule has 1 fully saturated rings. The topological polar surface area (TPSA) is 121 Å². The molecule has 1 aliphatic heterocycles. The minimum Gasteiger partial charge on any atom is -0.365 e. The van der Waals surface area contributed by atoms with Crippen LogP contribution in [-0.2, 0) is 0 Å². The number of hydrogen-bond donors (Lipinski definition) is 3. The summed E-state index contributed by atoms with van der Waals surface area (Å²) in [6.07, 6.45) is 4.99. The first-order valence-electron chi connectivity index (χ1n) is 9.05. The Morgan fingerprint density at radius 1 is 1.25 bits per heavy atom. The van der Waals surface area contributed by atoms with Gasteiger partial charge in [0, 0.05) is 24.3 Å². The minimum absolute atomic E-state index is 0.0283. The highest BCUT2D eigenvalue weighted by molar-refractivity contribution is 7.98. The fraction of sp³-hybridized carbons (Fsp3) is 0.368. The lowest BCUT2D eigenvalue weighted by Crippen LogP contribution is -2.35. The second kappa shape index (κ2) is 8.47. The lowest BCUT2D eigenvalue weighted by Gasteiger charge is -2.27. The molecule has 4 N–H and O–H groups in total. The normalized spacial score (nSPS) is 14.0. The quantitative estimate of drug-likeness (QED) is 0.522. The molecule has 0 saturated carbocycles. The van der Waals surface area contributed by atoms with E-state index in [0.717, 1.165) is 37.9 Å². The van der Waals surface area contributed by atoms with Gasteiger partial charge in [-0.25, -0.2) is 4.98 Å². The Morgan fingerprint density at radius 3 is 2.57 bits per heavy atom. The zero-order valence-electron chi connectivity index (χ0n) is 15.9. The number of nitrogens with one attached hydrogen (secondary N) is 2. The van der Waals surface area contributed by atoms with Crippen LogP contribution in [0.25, 0.3) is 0 Å². The molecule has 1 saturated heterocycles. The highest BCUT2D eigenvalue weighted by Gasteiger charge is 2.21. The summed E-state index contributed by atoms with van der Waals surface area (Å²) in [5.74, 6) is -0.742. The lowest BCUT2D eigenvalue weighted by molar-refractivity contribution is 0.0723. The summed E-state index contributed by atoms with van der Waals surface area (Å²) in [5, 5.41) is 3.35. The van der Waals surface area contributed by atoms with Crippen LogP contribution in [0.15, 0.2) is 28.2 Å². The Morgan fingerprint density at radius 2 is 1.96 bits per heavy atom. The summed E-state index contributed by atoms with van der Waals surface area (Å²) in [5.41, 5.74) is 6.57. The number of likely N-dealkylation sites (tertiary alicyclic amines) is 1. The molecular formula is C19H23N5O3S. The molecule has 9 heteroatoms. The smallest absolute Gasteiger partial charge is 0.266 e. The lowest BCUT2D eigenvalue weighted by atomic mass is 10.0. The van der Waals surface area contributed by atoms with Gasteiger partial charge in [0.15, 0.2) is 11.0 Å². The maximum atomic E-state index is 12.7. The van der Waals surface area contributed by atoms with Crippen LogP contribution in [0.5, 0.6) is 0 Å². The molecule has 2 heterocycles. The molecule has 3 rings (SSSR count). The highest BCUT2D eigenvalue weighted by Crippen LogP contribution is 2.23. The van der Waals surface area contributed by atoms with Crippen molar-refractivity contribution in [2.24, 2.45) is 5.73 Å². The molecule has 1 aromatic heterocycles. The van der Waals surface area contributed by atoms with Crippen molar-refractivity contribution >= 4 is 35.1 Å². The number of amides is 2. The van der Waals surface area contributed by atoms with E-state index in [1.165, 1.54) is 11.8 Å². The number of carbonyl (C=O) groups excluding carboxylic acids is 2. The van der Waals surface area contributed by atoms with Crippen molar-refractivity contribution in [1.82, 2.24) is 14.9 Å². The SMILES string of the molecule is CSc1nc(Nc2ccc(C(=O)N3CCCCC3)c(C)c2)c(C(N)=O)c(=O)[nH]1. The van der Waals surface area contributed by atoms with Gasteiger partial charge >= 0.3 is 0 Å². The van der Waals surface area contributed by atoms with Crippen LogP contribution in [0.2, 0.25) is 0 Å². The fourth-order valence-corrected chi connectivity index (χ4v) is 3.63. The largest absolute Gasteiger partial charge is 0.365 e. The summed E-state index contributed by atoms with van der Waals surface area (Å²) in [4.78, 5) is 45.2. The number of piperidine rings is 1. The van der Waals surface area contributed by atoms with Crippen molar-refractivity contribution in [3.05, 3.63) is 45.2 Å². The third kappa shape index (κ3) is 4.19. The van der Waals surface area contributed by atoms with Crippen LogP contribution in [0.1, 0.15) is 45.5 Å². The Balaban J connectivity index is 1.89. The van der Waals surface area contributed by atoms with Crippen molar-refractivity contribution in [1.29, 1.82) is 0 Å². The molecule has 0 atom stereocenters. The van der Waals surface area contributed by atoms with Gasteiger partial charge in [-0.05, 0) is 56.2 Å². The molecule has 0 radical (unpaired) electrons. The Kier molecular flexibility index (Phi) is 6.03. The number of primary amides is 1. The average molecular weight is 401 g/mol. The minimum atomic E-state index is -0.863. The van der Waals surface area contributed by atoms with Gasteiger partial charge in [0.1, 0.15) is 5.56 Å². The van der Waals surface area contributed by atoms with E-state index >= 15 is 0 Å². The van der Waals surface area contributed by atoms with Gasteiger partial charge in [-0.1, -0.05) is 11.8 Å². The van der Waals surface area contributed by atoms with Gasteiger partial charge < -0.3 is 20.9 Å². The third-order valence-electron chi connectivity index (χ3n) is 4.70. The number of thioether (sulfide) groups is 1. The molecule has 8 nitrogen and oxygen atoms in total. The molecule has 148 valence electrons. The molecule has 1 aliphatic rings. The fourth-order valence-electron chi connectivity index (χ4n) is 3.25. The number of aryl methyl sites for hydroxylation is 1. The maximum Gasteiger partial charge on any atom is 0.266 e. The molecule has 0 spiro atoms. The van der Waals surface area contributed by atoms with E-state index in [0.29, 0.717) is 16.4 Å². The molecule has 0 bridgehead atoms. The Hall–Kier alpha value is -2.81. The second-order valence-electron chi connectivity index (χ2n) is 6.67. The monoisotopic (exact) mass is 401 g/mol. The number of anilines is 2. The summed E-state index contributed by atoms with van der Waals surface area (Å²) in [6, 6.07) is 5.28. The Labute approximate surface area is 166 Å². The van der Waals surface area contributed by atoms with Crippen LogP contribution >= 0.6 is 11.8 Å². The van der Waals surface area contributed by atoms with Crippen molar-refractivity contribution in [2.45, 2.75) is 31.3 Å². The number of H-pyrrole nitrogens is 1. The predicted octanol–water partition coefficient (Wildman–Crippen LogP) is 2.27. The number of hydrogen-bond acceptors (Lipinski definition) is 6. The van der Waals surface area contributed by atoms with Gasteiger partial charge in [-0.3, -0.25) is 14.4 Å². The van der Waals surface area contributed by atoms with Gasteiger partial charge in [0.2, 0.25) is 0 Å². The zero-order chi connectivity index (χ0) is 20.3. The van der Waals surface area contributed by atoms with Crippen LogP contribution in [0, 0.1) is 6.92 Å². The average Bonchev–Trinajstić information content (AvgIpc) is 2.67. The first-order chi connectivity index (χ1) is 13.4.